The van der Waals surface area contributed by atoms with E-state index in [4.69, 9.17) is 28.4 Å². The van der Waals surface area contributed by atoms with Gasteiger partial charge in [0.15, 0.2) is 18.9 Å². The third kappa shape index (κ3) is 23.9. The van der Waals surface area contributed by atoms with Crippen LogP contribution in [0.5, 0.6) is 0 Å². The molecule has 0 saturated carbocycles. The van der Waals surface area contributed by atoms with Crippen molar-refractivity contribution in [1.29, 1.82) is 0 Å². The van der Waals surface area contributed by atoms with Crippen molar-refractivity contribution in [2.45, 2.75) is 279 Å². The van der Waals surface area contributed by atoms with Crippen LogP contribution in [0.25, 0.3) is 0 Å². The molecule has 3 heterocycles. The maximum Gasteiger partial charge on any atom is 0.220 e. The van der Waals surface area contributed by atoms with Crippen LogP contribution in [0.1, 0.15) is 174 Å². The Labute approximate surface area is 440 Å². The fourth-order valence-electron chi connectivity index (χ4n) is 9.43. The van der Waals surface area contributed by atoms with E-state index in [1.54, 1.807) is 6.08 Å². The molecule has 3 fully saturated rings. The van der Waals surface area contributed by atoms with E-state index in [1.165, 1.54) is 83.5 Å². The number of allylic oxidation sites excluding steroid dienone is 5. The monoisotopic (exact) mass is 1060 g/mol. The number of aliphatic hydroxyl groups excluding tert-OH is 11. The smallest absolute Gasteiger partial charge is 0.220 e. The number of ether oxygens (including phenoxy) is 6. The average Bonchev–Trinajstić information content (AvgIpc) is 3.40. The van der Waals surface area contributed by atoms with Gasteiger partial charge in [0.2, 0.25) is 5.91 Å². The summed E-state index contributed by atoms with van der Waals surface area (Å²) in [5.74, 6) is -0.297. The van der Waals surface area contributed by atoms with Crippen molar-refractivity contribution in [3.63, 3.8) is 0 Å². The van der Waals surface area contributed by atoms with Gasteiger partial charge in [0.05, 0.1) is 38.6 Å². The van der Waals surface area contributed by atoms with Gasteiger partial charge in [0, 0.05) is 6.42 Å². The summed E-state index contributed by atoms with van der Waals surface area (Å²) in [5.41, 5.74) is 0. The van der Waals surface area contributed by atoms with Gasteiger partial charge in [0.25, 0.3) is 0 Å². The SMILES string of the molecule is CCCCCCC/C=C\CCCCCCCC(=O)NC(COC1OC(CO)C(OC2OC(CO)C(OC3OC(CO)C(O)C(O)C3O)C(O)C2O)C(O)C1O)C(O)/C=C/CC/C=C/CCCCCCCCCCC. The highest BCUT2D eigenvalue weighted by Gasteiger charge is 2.53. The van der Waals surface area contributed by atoms with Crippen LogP contribution >= 0.6 is 0 Å². The number of amides is 1. The largest absolute Gasteiger partial charge is 0.394 e. The predicted molar refractivity (Wildman–Crippen MR) is 277 cm³/mol. The minimum Gasteiger partial charge on any atom is -0.394 e. The summed E-state index contributed by atoms with van der Waals surface area (Å²) in [4.78, 5) is 13.3. The maximum absolute atomic E-state index is 13.3. The summed E-state index contributed by atoms with van der Waals surface area (Å²) in [7, 11) is 0. The molecule has 0 spiro atoms. The first kappa shape index (κ1) is 66.3. The van der Waals surface area contributed by atoms with Crippen LogP contribution in [-0.4, -0.2) is 193 Å². The highest BCUT2D eigenvalue weighted by atomic mass is 16.8. The number of hydrogen-bond donors (Lipinski definition) is 12. The maximum atomic E-state index is 13.3. The quantitative estimate of drug-likeness (QED) is 0.0307. The predicted octanol–water partition coefficient (Wildman–Crippen LogP) is 3.76. The number of aliphatic hydroxyl groups is 11. The number of unbranched alkanes of at least 4 members (excludes halogenated alkanes) is 20. The Bertz CT molecular complexity index is 1500. The van der Waals surface area contributed by atoms with Crippen LogP contribution in [0.3, 0.4) is 0 Å². The van der Waals surface area contributed by atoms with Gasteiger partial charge in [-0.25, -0.2) is 0 Å². The van der Waals surface area contributed by atoms with E-state index in [9.17, 15) is 61.0 Å². The molecule has 3 aliphatic rings. The molecule has 19 heteroatoms. The molecule has 3 saturated heterocycles. The fourth-order valence-corrected chi connectivity index (χ4v) is 9.43. The van der Waals surface area contributed by atoms with Gasteiger partial charge in [-0.3, -0.25) is 4.79 Å². The van der Waals surface area contributed by atoms with Crippen molar-refractivity contribution in [2.75, 3.05) is 26.4 Å². The second-order valence-corrected chi connectivity index (χ2v) is 20.4. The van der Waals surface area contributed by atoms with Crippen LogP contribution in [0.15, 0.2) is 36.5 Å². The second-order valence-electron chi connectivity index (χ2n) is 20.4. The highest BCUT2D eigenvalue weighted by molar-refractivity contribution is 5.76. The lowest BCUT2D eigenvalue weighted by atomic mass is 9.96. The Kier molecular flexibility index (Phi) is 35.3. The highest BCUT2D eigenvalue weighted by Crippen LogP contribution is 2.33. The molecule has 19 nitrogen and oxygen atoms in total. The third-order valence-electron chi connectivity index (χ3n) is 14.2. The number of nitrogens with one attached hydrogen (secondary N) is 1. The Morgan fingerprint density at radius 2 is 0.865 bits per heavy atom. The molecule has 3 aliphatic heterocycles. The molecule has 0 bridgehead atoms. The number of hydrogen-bond acceptors (Lipinski definition) is 18. The van der Waals surface area contributed by atoms with E-state index in [-0.39, 0.29) is 18.9 Å². The summed E-state index contributed by atoms with van der Waals surface area (Å²) in [6.45, 7) is 1.66. The zero-order chi connectivity index (χ0) is 54.1. The molecule has 3 rings (SSSR count). The van der Waals surface area contributed by atoms with Crippen molar-refractivity contribution in [2.24, 2.45) is 0 Å². The van der Waals surface area contributed by atoms with Gasteiger partial charge in [-0.2, -0.15) is 0 Å². The Balaban J connectivity index is 1.55. The van der Waals surface area contributed by atoms with Gasteiger partial charge in [0.1, 0.15) is 73.2 Å². The van der Waals surface area contributed by atoms with Crippen molar-refractivity contribution in [1.82, 2.24) is 5.32 Å². The normalized spacial score (nSPS) is 31.7. The van der Waals surface area contributed by atoms with Crippen LogP contribution < -0.4 is 5.32 Å². The first-order chi connectivity index (χ1) is 35.8. The fraction of sp³-hybridized carbons (Fsp3) is 0.873. The molecule has 0 aliphatic carbocycles. The summed E-state index contributed by atoms with van der Waals surface area (Å²) < 4.78 is 34.1. The van der Waals surface area contributed by atoms with E-state index >= 15 is 0 Å². The molecule has 0 radical (unpaired) electrons. The van der Waals surface area contributed by atoms with Gasteiger partial charge in [-0.1, -0.05) is 147 Å². The Morgan fingerprint density at radius 3 is 1.35 bits per heavy atom. The van der Waals surface area contributed by atoms with Crippen LogP contribution in [-0.2, 0) is 33.2 Å². The first-order valence-electron chi connectivity index (χ1n) is 28.2. The molecular weight excluding hydrogens is 963 g/mol. The van der Waals surface area contributed by atoms with Gasteiger partial charge in [-0.05, 0) is 57.8 Å². The first-order valence-corrected chi connectivity index (χ1v) is 28.2. The molecular formula is C55H99NO18. The van der Waals surface area contributed by atoms with Gasteiger partial charge >= 0.3 is 0 Å². The van der Waals surface area contributed by atoms with Crippen molar-refractivity contribution >= 4 is 5.91 Å². The molecule has 17 unspecified atom stereocenters. The van der Waals surface area contributed by atoms with Crippen molar-refractivity contribution in [3.05, 3.63) is 36.5 Å². The summed E-state index contributed by atoms with van der Waals surface area (Å²) in [6, 6.07) is -0.991. The van der Waals surface area contributed by atoms with Crippen molar-refractivity contribution < 1.29 is 89.4 Å². The molecule has 17 atom stereocenters. The van der Waals surface area contributed by atoms with Crippen molar-refractivity contribution in [3.8, 4) is 0 Å². The molecule has 0 aromatic heterocycles. The van der Waals surface area contributed by atoms with Crippen LogP contribution in [0, 0.1) is 0 Å². The number of rotatable bonds is 40. The molecule has 432 valence electrons. The minimum absolute atomic E-state index is 0.225. The average molecular weight is 1060 g/mol. The Morgan fingerprint density at radius 1 is 0.473 bits per heavy atom. The second kappa shape index (κ2) is 39.4. The van der Waals surface area contributed by atoms with E-state index in [2.05, 4.69) is 43.5 Å². The standard InChI is InChI=1S/C55H99NO18/c1-3-5-7-9-11-13-15-17-19-20-22-24-26-28-30-32-39(60)38(56-43(61)33-31-29-27-25-23-21-18-16-14-12-10-8-6-4-2)37-69-53-49(67)46(64)51(41(35-58)71-53)74-55-50(68)47(65)52(42(36-59)72-55)73-54-48(66)45(63)44(62)40(34-57)70-54/h16,18,22,24,30,32,38-42,44-55,57-60,62-68H,3-15,17,19-21,23,25-29,31,33-37H2,1-2H3,(H,56,61)/b18-16-,24-22+,32-30+. The molecule has 12 N–H and O–H groups in total. The topological polar surface area (TPSA) is 307 Å². The van der Waals surface area contributed by atoms with Gasteiger partial charge < -0.3 is 89.9 Å². The Hall–Kier alpha value is -1.99. The summed E-state index contributed by atoms with van der Waals surface area (Å²) in [5, 5.41) is 120. The van der Waals surface area contributed by atoms with E-state index < -0.39 is 124 Å². The zero-order valence-corrected chi connectivity index (χ0v) is 44.6. The lowest BCUT2D eigenvalue weighted by Crippen LogP contribution is -2.66. The molecule has 0 aromatic carbocycles. The van der Waals surface area contributed by atoms with E-state index in [1.807, 2.05) is 6.08 Å². The lowest BCUT2D eigenvalue weighted by molar-refractivity contribution is -0.379. The van der Waals surface area contributed by atoms with Crippen LogP contribution in [0.2, 0.25) is 0 Å². The lowest BCUT2D eigenvalue weighted by Gasteiger charge is -2.48. The number of carbonyl (C=O) groups is 1. The van der Waals surface area contributed by atoms with Crippen LogP contribution in [0.4, 0.5) is 0 Å². The molecule has 0 aromatic rings. The van der Waals surface area contributed by atoms with E-state index in [0.717, 1.165) is 57.8 Å². The number of carbonyl (C=O) groups excluding carboxylic acids is 1. The minimum atomic E-state index is -1.98. The third-order valence-corrected chi connectivity index (χ3v) is 14.2. The zero-order valence-electron chi connectivity index (χ0n) is 44.6. The summed E-state index contributed by atoms with van der Waals surface area (Å²) >= 11 is 0. The van der Waals surface area contributed by atoms with Gasteiger partial charge in [-0.15, -0.1) is 0 Å². The summed E-state index contributed by atoms with van der Waals surface area (Å²) in [6.07, 6.45) is 12.8. The molecule has 74 heavy (non-hydrogen) atoms. The van der Waals surface area contributed by atoms with E-state index in [0.29, 0.717) is 12.8 Å². The molecule has 1 amide bonds.